The van der Waals surface area contributed by atoms with Crippen LogP contribution in [0.5, 0.6) is 5.75 Å². The van der Waals surface area contributed by atoms with Gasteiger partial charge in [0.05, 0.1) is 18.0 Å². The predicted octanol–water partition coefficient (Wildman–Crippen LogP) is 5.07. The van der Waals surface area contributed by atoms with Crippen molar-refractivity contribution in [2.75, 3.05) is 17.3 Å². The Morgan fingerprint density at radius 3 is 2.53 bits per heavy atom. The average molecular weight is 470 g/mol. The maximum absolute atomic E-state index is 13.5. The van der Waals surface area contributed by atoms with Gasteiger partial charge in [0.25, 0.3) is 5.91 Å². The molecule has 0 saturated carbocycles. The molecule has 34 heavy (non-hydrogen) atoms. The van der Waals surface area contributed by atoms with Gasteiger partial charge in [-0.3, -0.25) is 14.5 Å². The molecule has 1 aliphatic rings. The molecule has 1 heterocycles. The van der Waals surface area contributed by atoms with E-state index < -0.39 is 11.2 Å². The number of nitrogens with one attached hydrogen (secondary N) is 1. The number of rotatable bonds is 6. The molecule has 0 spiro atoms. The van der Waals surface area contributed by atoms with Crippen LogP contribution in [0.25, 0.3) is 0 Å². The number of para-hydroxylation sites is 3. The highest BCUT2D eigenvalue weighted by molar-refractivity contribution is 8.05. The van der Waals surface area contributed by atoms with Gasteiger partial charge in [-0.2, -0.15) is 5.26 Å². The van der Waals surface area contributed by atoms with Crippen LogP contribution in [0.3, 0.4) is 0 Å². The number of anilines is 2. The highest BCUT2D eigenvalue weighted by Gasteiger charge is 2.40. The zero-order chi connectivity index (χ0) is 24.1. The van der Waals surface area contributed by atoms with E-state index in [4.69, 9.17) is 4.74 Å². The van der Waals surface area contributed by atoms with Crippen LogP contribution in [0.2, 0.25) is 0 Å². The summed E-state index contributed by atoms with van der Waals surface area (Å²) in [7, 11) is 1.51. The number of thioether (sulfide) groups is 1. The number of hydrogen-bond acceptors (Lipinski definition) is 5. The Morgan fingerprint density at radius 1 is 1.09 bits per heavy atom. The largest absolute Gasteiger partial charge is 0.495 e. The Bertz CT molecular complexity index is 1300. The van der Waals surface area contributed by atoms with E-state index in [1.807, 2.05) is 55.5 Å². The van der Waals surface area contributed by atoms with Crippen molar-refractivity contribution in [3.8, 4) is 11.8 Å². The van der Waals surface area contributed by atoms with E-state index in [0.29, 0.717) is 28.6 Å². The van der Waals surface area contributed by atoms with Crippen LogP contribution in [-0.4, -0.2) is 24.2 Å². The second-order valence-corrected chi connectivity index (χ2v) is 8.95. The highest BCUT2D eigenvalue weighted by atomic mass is 32.2. The maximum Gasteiger partial charge on any atom is 0.269 e. The van der Waals surface area contributed by atoms with Gasteiger partial charge in [0.1, 0.15) is 22.4 Å². The number of nitriles is 1. The Morgan fingerprint density at radius 2 is 1.82 bits per heavy atom. The second kappa shape index (κ2) is 10.3. The monoisotopic (exact) mass is 469 g/mol. The minimum atomic E-state index is -0.598. The fourth-order valence-corrected chi connectivity index (χ4v) is 5.09. The van der Waals surface area contributed by atoms with Crippen LogP contribution < -0.4 is 15.0 Å². The summed E-state index contributed by atoms with van der Waals surface area (Å²) >= 11 is 1.25. The highest BCUT2D eigenvalue weighted by Crippen LogP contribution is 2.42. The van der Waals surface area contributed by atoms with Gasteiger partial charge in [0.2, 0.25) is 5.91 Å². The van der Waals surface area contributed by atoms with Crippen molar-refractivity contribution in [3.05, 3.63) is 101 Å². The van der Waals surface area contributed by atoms with Gasteiger partial charge in [-0.05, 0) is 43.2 Å². The molecule has 6 nitrogen and oxygen atoms in total. The average Bonchev–Trinajstić information content (AvgIpc) is 3.15. The number of methoxy groups -OCH3 is 1. The van der Waals surface area contributed by atoms with Crippen molar-refractivity contribution in [1.29, 1.82) is 5.26 Å². The van der Waals surface area contributed by atoms with Crippen LogP contribution in [0, 0.1) is 18.3 Å². The quantitative estimate of drug-likeness (QED) is 0.403. The van der Waals surface area contributed by atoms with Crippen LogP contribution in [0.15, 0.2) is 89.5 Å². The van der Waals surface area contributed by atoms with Gasteiger partial charge in [0, 0.05) is 5.69 Å². The maximum atomic E-state index is 13.5. The summed E-state index contributed by atoms with van der Waals surface area (Å²) in [5.74, 6) is -0.282. The molecule has 3 aromatic carbocycles. The van der Waals surface area contributed by atoms with E-state index >= 15 is 0 Å². The molecular formula is C27H23N3O3S. The molecule has 7 heteroatoms. The van der Waals surface area contributed by atoms with Gasteiger partial charge in [0.15, 0.2) is 0 Å². The summed E-state index contributed by atoms with van der Waals surface area (Å²) in [6.07, 6.45) is 0.491. The lowest BCUT2D eigenvalue weighted by Gasteiger charge is -2.18. The van der Waals surface area contributed by atoms with Crippen LogP contribution in [0.1, 0.15) is 11.1 Å². The Labute approximate surface area is 202 Å². The molecule has 1 N–H and O–H groups in total. The number of ether oxygens (including phenoxy) is 1. The van der Waals surface area contributed by atoms with E-state index in [-0.39, 0.29) is 11.5 Å². The number of carbonyl (C=O) groups excluding carboxylic acids is 2. The molecule has 4 rings (SSSR count). The number of carbonyl (C=O) groups is 2. The summed E-state index contributed by atoms with van der Waals surface area (Å²) in [4.78, 5) is 28.2. The lowest BCUT2D eigenvalue weighted by Crippen LogP contribution is -2.30. The first-order valence-electron chi connectivity index (χ1n) is 10.7. The SMILES string of the molecule is COc1ccccc1NC(=O)/C(C#N)=C1\SC(Cc2cccc(C)c2)C(=O)N1c1ccccc1. The minimum absolute atomic E-state index is 0.125. The van der Waals surface area contributed by atoms with Crippen molar-refractivity contribution < 1.29 is 14.3 Å². The minimum Gasteiger partial charge on any atom is -0.495 e. The standard InChI is InChI=1S/C27H23N3O3S/c1-18-9-8-10-19(15-18)16-24-26(32)30(20-11-4-3-5-12-20)27(34-24)21(17-28)25(31)29-22-13-6-7-14-23(22)33-2/h3-15,24H,16H2,1-2H3,(H,29,31)/b27-21-. The lowest BCUT2D eigenvalue weighted by molar-refractivity contribution is -0.117. The fraction of sp³-hybridized carbons (Fsp3) is 0.148. The molecule has 0 aliphatic carbocycles. The van der Waals surface area contributed by atoms with E-state index in [9.17, 15) is 14.9 Å². The van der Waals surface area contributed by atoms with Gasteiger partial charge >= 0.3 is 0 Å². The molecule has 1 unspecified atom stereocenters. The first-order valence-corrected chi connectivity index (χ1v) is 11.6. The van der Waals surface area contributed by atoms with Crippen molar-refractivity contribution in [3.63, 3.8) is 0 Å². The molecule has 3 aromatic rings. The second-order valence-electron chi connectivity index (χ2n) is 7.76. The Hall–Kier alpha value is -4.02. The smallest absolute Gasteiger partial charge is 0.269 e. The van der Waals surface area contributed by atoms with Gasteiger partial charge in [-0.1, -0.05) is 71.9 Å². The molecule has 2 amide bonds. The summed E-state index contributed by atoms with van der Waals surface area (Å²) in [5.41, 5.74) is 3.06. The Kier molecular flexibility index (Phi) is 7.00. The molecule has 1 atom stereocenters. The number of hydrogen-bond donors (Lipinski definition) is 1. The lowest BCUT2D eigenvalue weighted by atomic mass is 10.1. The number of amides is 2. The van der Waals surface area contributed by atoms with Crippen molar-refractivity contribution in [2.45, 2.75) is 18.6 Å². The van der Waals surface area contributed by atoms with Gasteiger partial charge in [-0.25, -0.2) is 0 Å². The first-order chi connectivity index (χ1) is 16.5. The zero-order valence-electron chi connectivity index (χ0n) is 18.8. The van der Waals surface area contributed by atoms with Crippen molar-refractivity contribution >= 4 is 35.0 Å². The molecule has 1 fully saturated rings. The summed E-state index contributed by atoms with van der Waals surface area (Å²) in [5, 5.41) is 12.6. The summed E-state index contributed by atoms with van der Waals surface area (Å²) < 4.78 is 5.30. The van der Waals surface area contributed by atoms with Crippen LogP contribution in [0.4, 0.5) is 11.4 Å². The molecule has 0 aromatic heterocycles. The zero-order valence-corrected chi connectivity index (χ0v) is 19.6. The molecular weight excluding hydrogens is 446 g/mol. The molecule has 170 valence electrons. The van der Waals surface area contributed by atoms with Crippen LogP contribution >= 0.6 is 11.8 Å². The number of aryl methyl sites for hydroxylation is 1. The van der Waals surface area contributed by atoms with E-state index in [1.165, 1.54) is 23.8 Å². The fourth-order valence-electron chi connectivity index (χ4n) is 3.78. The van der Waals surface area contributed by atoms with Gasteiger partial charge in [-0.15, -0.1) is 0 Å². The molecule has 0 bridgehead atoms. The third-order valence-corrected chi connectivity index (χ3v) is 6.64. The van der Waals surface area contributed by atoms with E-state index in [0.717, 1.165) is 11.1 Å². The molecule has 0 radical (unpaired) electrons. The third-order valence-electron chi connectivity index (χ3n) is 5.38. The topological polar surface area (TPSA) is 82.4 Å². The van der Waals surface area contributed by atoms with E-state index in [1.54, 1.807) is 36.4 Å². The molecule has 1 saturated heterocycles. The number of nitrogens with zero attached hydrogens (tertiary/aromatic N) is 2. The molecule has 1 aliphatic heterocycles. The Balaban J connectivity index is 1.72. The van der Waals surface area contributed by atoms with E-state index in [2.05, 4.69) is 5.32 Å². The van der Waals surface area contributed by atoms with Crippen molar-refractivity contribution in [1.82, 2.24) is 0 Å². The first kappa shape index (κ1) is 23.1. The summed E-state index contributed by atoms with van der Waals surface area (Å²) in [6.45, 7) is 2.00. The number of benzene rings is 3. The van der Waals surface area contributed by atoms with Gasteiger partial charge < -0.3 is 10.1 Å². The summed E-state index contributed by atoms with van der Waals surface area (Å²) in [6, 6.07) is 26.1. The van der Waals surface area contributed by atoms with Crippen LogP contribution in [-0.2, 0) is 16.0 Å². The van der Waals surface area contributed by atoms with Crippen molar-refractivity contribution in [2.24, 2.45) is 0 Å². The normalized spacial score (nSPS) is 16.7. The third kappa shape index (κ3) is 4.82. The predicted molar refractivity (Wildman–Crippen MR) is 134 cm³/mol.